The zero-order valence-corrected chi connectivity index (χ0v) is 13.4. The van der Waals surface area contributed by atoms with Crippen LogP contribution in [0.15, 0.2) is 58.5 Å². The highest BCUT2D eigenvalue weighted by Gasteiger charge is 2.13. The number of halogens is 1. The Morgan fingerprint density at radius 3 is 2.27 bits per heavy atom. The van der Waals surface area contributed by atoms with Crippen molar-refractivity contribution in [1.82, 2.24) is 4.83 Å². The van der Waals surface area contributed by atoms with Crippen molar-refractivity contribution in [3.05, 3.63) is 59.1 Å². The zero-order valence-electron chi connectivity index (χ0n) is 11.8. The van der Waals surface area contributed by atoms with Crippen LogP contribution in [0, 0.1) is 0 Å². The maximum atomic E-state index is 12.1. The molecule has 0 spiro atoms. The van der Waals surface area contributed by atoms with E-state index < -0.39 is 10.0 Å². The van der Waals surface area contributed by atoms with Crippen LogP contribution in [0.25, 0.3) is 0 Å². The summed E-state index contributed by atoms with van der Waals surface area (Å²) in [6, 6.07) is 12.2. The number of nitrogens with one attached hydrogen (secondary N) is 1. The molecule has 2 aromatic rings. The number of benzene rings is 2. The fourth-order valence-electron chi connectivity index (χ4n) is 1.78. The van der Waals surface area contributed by atoms with Crippen LogP contribution in [-0.2, 0) is 10.0 Å². The average Bonchev–Trinajstić information content (AvgIpc) is 2.50. The number of hydrazone groups is 1. The van der Waals surface area contributed by atoms with E-state index in [1.165, 1.54) is 36.4 Å². The minimum Gasteiger partial charge on any atom is -0.508 e. The van der Waals surface area contributed by atoms with Crippen molar-refractivity contribution in [2.24, 2.45) is 5.10 Å². The fraction of sp³-hybridized carbons (Fsp3) is 0.133. The Bertz CT molecular complexity index is 769. The van der Waals surface area contributed by atoms with E-state index in [0.717, 1.165) is 5.56 Å². The molecule has 0 radical (unpaired) electrons. The number of hydrogen-bond acceptors (Lipinski definition) is 4. The molecule has 0 saturated carbocycles. The Balaban J connectivity index is 2.24. The lowest BCUT2D eigenvalue weighted by atomic mass is 10.1. The van der Waals surface area contributed by atoms with Crippen molar-refractivity contribution in [2.45, 2.75) is 18.2 Å². The molecule has 0 atom stereocenters. The number of aromatic hydroxyl groups is 1. The molecule has 2 N–H and O–H groups in total. The van der Waals surface area contributed by atoms with Gasteiger partial charge in [0.2, 0.25) is 0 Å². The van der Waals surface area contributed by atoms with Gasteiger partial charge < -0.3 is 5.11 Å². The number of phenols is 1. The monoisotopic (exact) mass is 338 g/mol. The van der Waals surface area contributed by atoms with E-state index in [2.05, 4.69) is 9.93 Å². The van der Waals surface area contributed by atoms with Crippen LogP contribution in [-0.4, -0.2) is 19.2 Å². The highest BCUT2D eigenvalue weighted by Crippen LogP contribution is 2.15. The summed E-state index contributed by atoms with van der Waals surface area (Å²) in [6.07, 6.45) is 0.536. The van der Waals surface area contributed by atoms with Crippen LogP contribution < -0.4 is 4.83 Å². The van der Waals surface area contributed by atoms with Gasteiger partial charge in [-0.2, -0.15) is 18.4 Å². The van der Waals surface area contributed by atoms with Crippen LogP contribution >= 0.6 is 11.6 Å². The lowest BCUT2D eigenvalue weighted by Crippen LogP contribution is -2.20. The highest BCUT2D eigenvalue weighted by molar-refractivity contribution is 7.89. The van der Waals surface area contributed by atoms with Gasteiger partial charge in [-0.15, -0.1) is 0 Å². The van der Waals surface area contributed by atoms with E-state index in [1.54, 1.807) is 12.1 Å². The van der Waals surface area contributed by atoms with Crippen molar-refractivity contribution >= 4 is 27.3 Å². The second-order valence-electron chi connectivity index (χ2n) is 4.51. The summed E-state index contributed by atoms with van der Waals surface area (Å²) in [5, 5.41) is 13.7. The molecule has 0 heterocycles. The van der Waals surface area contributed by atoms with Gasteiger partial charge >= 0.3 is 0 Å². The standard InChI is InChI=1S/C15H15ClN2O3S/c1-2-15(11-3-7-13(19)8-4-11)17-18-22(20,21)14-9-5-12(16)6-10-14/h3-10,18-19H,2H2,1H3/b17-15-. The van der Waals surface area contributed by atoms with Gasteiger partial charge in [0, 0.05) is 5.02 Å². The molecule has 22 heavy (non-hydrogen) atoms. The first-order valence-electron chi connectivity index (χ1n) is 6.55. The molecular formula is C15H15ClN2O3S. The summed E-state index contributed by atoms with van der Waals surface area (Å²) in [6.45, 7) is 1.86. The van der Waals surface area contributed by atoms with Gasteiger partial charge in [-0.3, -0.25) is 0 Å². The molecule has 0 aliphatic rings. The Morgan fingerprint density at radius 1 is 1.14 bits per heavy atom. The predicted molar refractivity (Wildman–Crippen MR) is 86.7 cm³/mol. The third-order valence-electron chi connectivity index (χ3n) is 2.96. The Morgan fingerprint density at radius 2 is 1.73 bits per heavy atom. The molecule has 0 aliphatic carbocycles. The van der Waals surface area contributed by atoms with E-state index in [4.69, 9.17) is 11.6 Å². The van der Waals surface area contributed by atoms with Gasteiger partial charge in [0.15, 0.2) is 0 Å². The summed E-state index contributed by atoms with van der Waals surface area (Å²) in [7, 11) is -3.74. The molecule has 116 valence electrons. The normalized spacial score (nSPS) is 12.2. The van der Waals surface area contributed by atoms with Crippen LogP contribution in [0.1, 0.15) is 18.9 Å². The van der Waals surface area contributed by atoms with Crippen molar-refractivity contribution in [3.63, 3.8) is 0 Å². The summed E-state index contributed by atoms with van der Waals surface area (Å²) in [5.41, 5.74) is 1.30. The lowest BCUT2D eigenvalue weighted by molar-refractivity contribution is 0.475. The minimum atomic E-state index is -3.74. The Kier molecular flexibility index (Phi) is 5.05. The summed E-state index contributed by atoms with van der Waals surface area (Å²) < 4.78 is 24.3. The number of nitrogens with zero attached hydrogens (tertiary/aromatic N) is 1. The summed E-state index contributed by atoms with van der Waals surface area (Å²) in [5.74, 6) is 0.140. The van der Waals surface area contributed by atoms with Gasteiger partial charge in [-0.05, 0) is 60.5 Å². The molecule has 7 heteroatoms. The molecule has 2 aromatic carbocycles. The molecule has 0 aromatic heterocycles. The molecule has 0 aliphatic heterocycles. The van der Waals surface area contributed by atoms with Crippen molar-refractivity contribution in [3.8, 4) is 5.75 Å². The van der Waals surface area contributed by atoms with Crippen LogP contribution in [0.4, 0.5) is 0 Å². The zero-order chi connectivity index (χ0) is 16.2. The third-order valence-corrected chi connectivity index (χ3v) is 4.44. The Labute approximate surface area is 134 Å². The lowest BCUT2D eigenvalue weighted by Gasteiger charge is -2.07. The summed E-state index contributed by atoms with van der Waals surface area (Å²) in [4.78, 5) is 2.30. The molecule has 0 bridgehead atoms. The average molecular weight is 339 g/mol. The maximum Gasteiger partial charge on any atom is 0.276 e. The third kappa shape index (κ3) is 3.99. The van der Waals surface area contributed by atoms with E-state index in [-0.39, 0.29) is 10.6 Å². The molecule has 0 saturated heterocycles. The van der Waals surface area contributed by atoms with Crippen LogP contribution in [0.5, 0.6) is 5.75 Å². The van der Waals surface area contributed by atoms with Crippen molar-refractivity contribution in [1.29, 1.82) is 0 Å². The van der Waals surface area contributed by atoms with E-state index in [1.807, 2.05) is 6.92 Å². The van der Waals surface area contributed by atoms with E-state index >= 15 is 0 Å². The topological polar surface area (TPSA) is 78.8 Å². The predicted octanol–water partition coefficient (Wildman–Crippen LogP) is 3.14. The van der Waals surface area contributed by atoms with E-state index in [9.17, 15) is 13.5 Å². The minimum absolute atomic E-state index is 0.0850. The number of sulfonamides is 1. The summed E-state index contributed by atoms with van der Waals surface area (Å²) >= 11 is 5.74. The number of hydrogen-bond donors (Lipinski definition) is 2. The number of rotatable bonds is 5. The smallest absolute Gasteiger partial charge is 0.276 e. The van der Waals surface area contributed by atoms with Gasteiger partial charge in [0.25, 0.3) is 10.0 Å². The van der Waals surface area contributed by atoms with Gasteiger partial charge in [0.05, 0.1) is 10.6 Å². The van der Waals surface area contributed by atoms with E-state index in [0.29, 0.717) is 17.2 Å². The second-order valence-corrected chi connectivity index (χ2v) is 6.60. The molecule has 2 rings (SSSR count). The molecule has 0 fully saturated rings. The first kappa shape index (κ1) is 16.3. The first-order chi connectivity index (χ1) is 10.4. The van der Waals surface area contributed by atoms with Crippen LogP contribution in [0.2, 0.25) is 5.02 Å². The maximum absolute atomic E-state index is 12.1. The fourth-order valence-corrected chi connectivity index (χ4v) is 2.74. The second kappa shape index (κ2) is 6.81. The highest BCUT2D eigenvalue weighted by atomic mass is 35.5. The van der Waals surface area contributed by atoms with Gasteiger partial charge in [-0.1, -0.05) is 18.5 Å². The van der Waals surface area contributed by atoms with Gasteiger partial charge in [-0.25, -0.2) is 0 Å². The van der Waals surface area contributed by atoms with Gasteiger partial charge in [0.1, 0.15) is 5.75 Å². The largest absolute Gasteiger partial charge is 0.508 e. The van der Waals surface area contributed by atoms with Crippen molar-refractivity contribution < 1.29 is 13.5 Å². The molecular weight excluding hydrogens is 324 g/mol. The SMILES string of the molecule is CC/C(=N/NS(=O)(=O)c1ccc(Cl)cc1)c1ccc(O)cc1. The quantitative estimate of drug-likeness (QED) is 0.649. The molecule has 0 unspecified atom stereocenters. The van der Waals surface area contributed by atoms with Crippen molar-refractivity contribution in [2.75, 3.05) is 0 Å². The van der Waals surface area contributed by atoms with Crippen LogP contribution in [0.3, 0.4) is 0 Å². The molecule has 0 amide bonds. The first-order valence-corrected chi connectivity index (χ1v) is 8.42. The Hall–Kier alpha value is -2.05. The molecule has 5 nitrogen and oxygen atoms in total. The number of phenolic OH excluding ortho intramolecular Hbond substituents is 1.